The van der Waals surface area contributed by atoms with E-state index in [1.54, 1.807) is 52.0 Å². The maximum Gasteiger partial charge on any atom is 0.336 e. The third kappa shape index (κ3) is 4.92. The molecule has 0 fully saturated rings. The van der Waals surface area contributed by atoms with Crippen molar-refractivity contribution in [2.45, 2.75) is 45.4 Å². The molecule has 0 amide bonds. The number of allylic oxidation sites excluding steroid dienone is 2. The van der Waals surface area contributed by atoms with Gasteiger partial charge in [-0.05, 0) is 58.9 Å². The van der Waals surface area contributed by atoms with E-state index < -0.39 is 27.9 Å². The molecule has 0 atom stereocenters. The Morgan fingerprint density at radius 1 is 0.941 bits per heavy atom. The molecule has 0 aliphatic carbocycles. The van der Waals surface area contributed by atoms with Gasteiger partial charge in [-0.1, -0.05) is 17.7 Å². The summed E-state index contributed by atoms with van der Waals surface area (Å²) in [6.07, 6.45) is 1.43. The summed E-state index contributed by atoms with van der Waals surface area (Å²) < 4.78 is 42.4. The van der Waals surface area contributed by atoms with Crippen molar-refractivity contribution in [3.8, 4) is 0 Å². The third-order valence-electron chi connectivity index (χ3n) is 5.39. The van der Waals surface area contributed by atoms with Gasteiger partial charge >= 0.3 is 11.9 Å². The summed E-state index contributed by atoms with van der Waals surface area (Å²) >= 11 is 0. The monoisotopic (exact) mass is 488 g/mol. The molecule has 1 aromatic heterocycles. The van der Waals surface area contributed by atoms with Gasteiger partial charge in [0.25, 0.3) is 10.0 Å². The molecule has 1 aromatic carbocycles. The second-order valence-corrected chi connectivity index (χ2v) is 9.29. The first-order valence-electron chi connectivity index (χ1n) is 10.8. The van der Waals surface area contributed by atoms with Crippen molar-refractivity contribution < 1.29 is 31.9 Å². The predicted octanol–water partition coefficient (Wildman–Crippen LogP) is 3.55. The van der Waals surface area contributed by atoms with Gasteiger partial charge < -0.3 is 13.9 Å². The average molecular weight is 489 g/mol. The van der Waals surface area contributed by atoms with Crippen LogP contribution >= 0.6 is 0 Å². The van der Waals surface area contributed by atoms with Gasteiger partial charge in [0.05, 0.1) is 41.4 Å². The zero-order chi connectivity index (χ0) is 25.0. The lowest BCUT2D eigenvalue weighted by Crippen LogP contribution is -2.45. The lowest BCUT2D eigenvalue weighted by atomic mass is 9.83. The molecule has 0 spiro atoms. The minimum atomic E-state index is -4.06. The molecular weight excluding hydrogens is 460 g/mol. The van der Waals surface area contributed by atoms with Crippen LogP contribution in [0.3, 0.4) is 0 Å². The van der Waals surface area contributed by atoms with Gasteiger partial charge in [0.15, 0.2) is 0 Å². The van der Waals surface area contributed by atoms with Gasteiger partial charge in [-0.3, -0.25) is 5.01 Å². The number of esters is 2. The standard InChI is InChI=1S/C24H28N2O7S/c1-6-31-23(27)20-16(4)26(25-34(29,30)18-12-10-15(3)11-13-18)17(5)21(24(28)32-7-2)22(20)19-9-8-14-33-19/h8-14,22,25H,6-7H2,1-5H3. The fraction of sp³-hybridized carbons (Fsp3) is 0.333. The molecule has 182 valence electrons. The summed E-state index contributed by atoms with van der Waals surface area (Å²) in [5.41, 5.74) is 1.54. The summed E-state index contributed by atoms with van der Waals surface area (Å²) in [7, 11) is -4.06. The molecule has 2 aromatic rings. The molecule has 0 saturated heterocycles. The first-order chi connectivity index (χ1) is 16.1. The van der Waals surface area contributed by atoms with Crippen molar-refractivity contribution >= 4 is 22.0 Å². The summed E-state index contributed by atoms with van der Waals surface area (Å²) in [4.78, 5) is 28.7. The highest BCUT2D eigenvalue weighted by molar-refractivity contribution is 7.89. The lowest BCUT2D eigenvalue weighted by Gasteiger charge is -2.36. The number of aryl methyl sites for hydroxylation is 1. The molecule has 0 radical (unpaired) electrons. The van der Waals surface area contributed by atoms with Crippen molar-refractivity contribution in [2.24, 2.45) is 0 Å². The molecule has 34 heavy (non-hydrogen) atoms. The summed E-state index contributed by atoms with van der Waals surface area (Å²) in [5, 5.41) is 1.20. The summed E-state index contributed by atoms with van der Waals surface area (Å²) in [6, 6.07) is 9.58. The molecule has 3 rings (SSSR count). The number of sulfonamides is 1. The SMILES string of the molecule is CCOC(=O)C1=C(C)N(NS(=O)(=O)c2ccc(C)cc2)C(C)=C(C(=O)OCC)C1c1ccco1. The van der Waals surface area contributed by atoms with Crippen LogP contribution in [0.4, 0.5) is 0 Å². The number of benzene rings is 1. The van der Waals surface area contributed by atoms with Crippen LogP contribution < -0.4 is 4.83 Å². The first-order valence-corrected chi connectivity index (χ1v) is 12.3. The number of carbonyl (C=O) groups is 2. The molecule has 0 saturated carbocycles. The Morgan fingerprint density at radius 3 is 1.91 bits per heavy atom. The highest BCUT2D eigenvalue weighted by Crippen LogP contribution is 2.42. The van der Waals surface area contributed by atoms with E-state index in [-0.39, 0.29) is 40.6 Å². The van der Waals surface area contributed by atoms with E-state index in [9.17, 15) is 18.0 Å². The number of nitrogens with one attached hydrogen (secondary N) is 1. The van der Waals surface area contributed by atoms with Crippen molar-refractivity contribution in [2.75, 3.05) is 13.2 Å². The number of carbonyl (C=O) groups excluding carboxylic acids is 2. The van der Waals surface area contributed by atoms with Crippen LogP contribution in [0.1, 0.15) is 44.9 Å². The molecule has 9 nitrogen and oxygen atoms in total. The number of rotatable bonds is 8. The quantitative estimate of drug-likeness (QED) is 0.561. The summed E-state index contributed by atoms with van der Waals surface area (Å²) in [6.45, 7) is 8.49. The van der Waals surface area contributed by atoms with Gasteiger partial charge in [0.1, 0.15) is 5.76 Å². The van der Waals surface area contributed by atoms with Crippen LogP contribution in [0.15, 0.2) is 74.5 Å². The average Bonchev–Trinajstić information content (AvgIpc) is 3.31. The first kappa shape index (κ1) is 25.3. The Balaban J connectivity index is 2.20. The molecule has 1 aliphatic rings. The Morgan fingerprint density at radius 2 is 1.47 bits per heavy atom. The Hall–Kier alpha value is -3.37. The Bertz CT molecular complexity index is 1180. The molecule has 10 heteroatoms. The van der Waals surface area contributed by atoms with Crippen molar-refractivity contribution in [1.29, 1.82) is 0 Å². The van der Waals surface area contributed by atoms with E-state index in [4.69, 9.17) is 13.9 Å². The minimum Gasteiger partial charge on any atom is -0.468 e. The molecule has 1 N–H and O–H groups in total. The topological polar surface area (TPSA) is 115 Å². The molecule has 2 heterocycles. The number of furan rings is 1. The van der Waals surface area contributed by atoms with Crippen LogP contribution in [-0.4, -0.2) is 38.6 Å². The van der Waals surface area contributed by atoms with Crippen LogP contribution in [0, 0.1) is 6.92 Å². The predicted molar refractivity (Wildman–Crippen MR) is 123 cm³/mol. The van der Waals surface area contributed by atoms with Crippen LogP contribution in [0.2, 0.25) is 0 Å². The fourth-order valence-electron chi connectivity index (χ4n) is 3.77. The largest absolute Gasteiger partial charge is 0.468 e. The Kier molecular flexibility index (Phi) is 7.63. The highest BCUT2D eigenvalue weighted by Gasteiger charge is 2.43. The zero-order valence-electron chi connectivity index (χ0n) is 19.7. The number of nitrogens with zero attached hydrogens (tertiary/aromatic N) is 1. The zero-order valence-corrected chi connectivity index (χ0v) is 20.6. The maximum absolute atomic E-state index is 13.2. The van der Waals surface area contributed by atoms with Crippen molar-refractivity contribution in [1.82, 2.24) is 9.84 Å². The molecule has 0 unspecified atom stereocenters. The van der Waals surface area contributed by atoms with E-state index in [2.05, 4.69) is 4.83 Å². The van der Waals surface area contributed by atoms with E-state index in [0.717, 1.165) is 5.56 Å². The smallest absolute Gasteiger partial charge is 0.336 e. The summed E-state index contributed by atoms with van der Waals surface area (Å²) in [5.74, 6) is -2.01. The maximum atomic E-state index is 13.2. The third-order valence-corrected chi connectivity index (χ3v) is 6.70. The van der Waals surface area contributed by atoms with Crippen molar-refractivity contribution in [3.63, 3.8) is 0 Å². The Labute approximate surface area is 199 Å². The van der Waals surface area contributed by atoms with E-state index in [1.165, 1.54) is 23.4 Å². The van der Waals surface area contributed by atoms with Crippen LogP contribution in [-0.2, 0) is 29.1 Å². The van der Waals surface area contributed by atoms with Crippen LogP contribution in [0.5, 0.6) is 0 Å². The number of ether oxygens (including phenoxy) is 2. The minimum absolute atomic E-state index is 0.0298. The second-order valence-electron chi connectivity index (χ2n) is 7.63. The molecular formula is C24H28N2O7S. The highest BCUT2D eigenvalue weighted by atomic mass is 32.2. The van der Waals surface area contributed by atoms with E-state index in [0.29, 0.717) is 5.76 Å². The number of hydrazine groups is 1. The molecule has 0 bridgehead atoms. The fourth-order valence-corrected chi connectivity index (χ4v) is 4.88. The van der Waals surface area contributed by atoms with E-state index >= 15 is 0 Å². The van der Waals surface area contributed by atoms with Gasteiger partial charge in [0, 0.05) is 11.4 Å². The number of hydrogen-bond donors (Lipinski definition) is 1. The van der Waals surface area contributed by atoms with Gasteiger partial charge in [-0.2, -0.15) is 0 Å². The normalized spacial score (nSPS) is 15.0. The van der Waals surface area contributed by atoms with Gasteiger partial charge in [-0.25, -0.2) is 18.0 Å². The van der Waals surface area contributed by atoms with Crippen molar-refractivity contribution in [3.05, 3.63) is 76.5 Å². The van der Waals surface area contributed by atoms with Crippen LogP contribution in [0.25, 0.3) is 0 Å². The molecule has 1 aliphatic heterocycles. The second kappa shape index (κ2) is 10.3. The van der Waals surface area contributed by atoms with E-state index in [1.807, 2.05) is 6.92 Å². The van der Waals surface area contributed by atoms with Gasteiger partial charge in [-0.15, -0.1) is 4.83 Å². The van der Waals surface area contributed by atoms with Gasteiger partial charge in [0.2, 0.25) is 0 Å². The lowest BCUT2D eigenvalue weighted by molar-refractivity contribution is -0.140. The number of hydrogen-bond acceptors (Lipinski definition) is 8.